The van der Waals surface area contributed by atoms with E-state index in [0.29, 0.717) is 17.5 Å². The Bertz CT molecular complexity index is 503. The van der Waals surface area contributed by atoms with Crippen LogP contribution in [-0.4, -0.2) is 41.5 Å². The molecule has 0 amide bonds. The van der Waals surface area contributed by atoms with Crippen molar-refractivity contribution in [1.82, 2.24) is 24.5 Å². The molecule has 0 bridgehead atoms. The maximum Gasteiger partial charge on any atom is 0.240 e. The van der Waals surface area contributed by atoms with Crippen molar-refractivity contribution in [3.63, 3.8) is 0 Å². The van der Waals surface area contributed by atoms with Gasteiger partial charge in [-0.2, -0.15) is 15.0 Å². The minimum absolute atomic E-state index is 0.142. The van der Waals surface area contributed by atoms with Crippen LogP contribution in [0.1, 0.15) is 13.3 Å². The van der Waals surface area contributed by atoms with E-state index in [-0.39, 0.29) is 17.8 Å². The fraction of sp³-hybridized carbons (Fsp3) is 0.400. The lowest BCUT2D eigenvalue weighted by Crippen LogP contribution is -2.08. The molecule has 3 N–H and O–H groups in total. The van der Waals surface area contributed by atoms with Crippen LogP contribution in [0.5, 0.6) is 0 Å². The van der Waals surface area contributed by atoms with Crippen LogP contribution < -0.4 is 5.73 Å². The van der Waals surface area contributed by atoms with Crippen LogP contribution in [0.2, 0.25) is 0 Å². The first-order chi connectivity index (χ1) is 8.69. The molecule has 1 atom stereocenters. The number of aliphatic hydroxyl groups excluding tert-OH is 1. The van der Waals surface area contributed by atoms with E-state index in [9.17, 15) is 0 Å². The molecule has 7 nitrogen and oxygen atoms in total. The minimum atomic E-state index is 0.142. The average molecular weight is 266 g/mol. The predicted octanol–water partition coefficient (Wildman–Crippen LogP) is 0.503. The summed E-state index contributed by atoms with van der Waals surface area (Å²) in [4.78, 5) is 16.3. The molecular formula is C10H14N6OS. The number of rotatable bonds is 5. The molecule has 0 saturated heterocycles. The van der Waals surface area contributed by atoms with Gasteiger partial charge in [0.05, 0.1) is 0 Å². The summed E-state index contributed by atoms with van der Waals surface area (Å²) in [6.45, 7) is 2.14. The van der Waals surface area contributed by atoms with Crippen LogP contribution in [0.15, 0.2) is 23.9 Å². The van der Waals surface area contributed by atoms with Gasteiger partial charge in [-0.05, 0) is 6.42 Å². The van der Waals surface area contributed by atoms with E-state index < -0.39 is 0 Å². The summed E-state index contributed by atoms with van der Waals surface area (Å²) >= 11 is 1.46. The summed E-state index contributed by atoms with van der Waals surface area (Å²) in [5, 5.41) is 9.63. The van der Waals surface area contributed by atoms with Gasteiger partial charge < -0.3 is 10.8 Å². The topological polar surface area (TPSA) is 103 Å². The van der Waals surface area contributed by atoms with E-state index >= 15 is 0 Å². The van der Waals surface area contributed by atoms with E-state index in [0.717, 1.165) is 0 Å². The number of thioether (sulfide) groups is 1. The lowest BCUT2D eigenvalue weighted by atomic mass is 10.4. The molecule has 0 saturated carbocycles. The van der Waals surface area contributed by atoms with Gasteiger partial charge in [-0.15, -0.1) is 0 Å². The number of hydrogen-bond acceptors (Lipinski definition) is 7. The predicted molar refractivity (Wildman–Crippen MR) is 68.4 cm³/mol. The zero-order valence-electron chi connectivity index (χ0n) is 9.89. The molecule has 0 aromatic carbocycles. The first-order valence-electron chi connectivity index (χ1n) is 5.46. The van der Waals surface area contributed by atoms with Crippen LogP contribution in [0.4, 0.5) is 5.95 Å². The largest absolute Gasteiger partial charge is 0.396 e. The van der Waals surface area contributed by atoms with Crippen molar-refractivity contribution >= 4 is 17.7 Å². The number of nitrogen functional groups attached to an aromatic ring is 1. The van der Waals surface area contributed by atoms with Crippen molar-refractivity contribution in [2.75, 3.05) is 12.3 Å². The van der Waals surface area contributed by atoms with Crippen molar-refractivity contribution in [3.8, 4) is 5.95 Å². The summed E-state index contributed by atoms with van der Waals surface area (Å²) in [5.74, 6) is 0.617. The normalized spacial score (nSPS) is 12.6. The molecule has 2 heterocycles. The van der Waals surface area contributed by atoms with Crippen LogP contribution in [-0.2, 0) is 0 Å². The Kier molecular flexibility index (Phi) is 4.11. The highest BCUT2D eigenvalue weighted by atomic mass is 32.2. The van der Waals surface area contributed by atoms with Crippen molar-refractivity contribution in [3.05, 3.63) is 18.7 Å². The van der Waals surface area contributed by atoms with Crippen molar-refractivity contribution < 1.29 is 5.11 Å². The second-order valence-electron chi connectivity index (χ2n) is 3.69. The lowest BCUT2D eigenvalue weighted by Gasteiger charge is -2.09. The van der Waals surface area contributed by atoms with Crippen LogP contribution >= 0.6 is 11.8 Å². The third-order valence-corrected chi connectivity index (χ3v) is 3.23. The van der Waals surface area contributed by atoms with Gasteiger partial charge in [0.25, 0.3) is 0 Å². The molecule has 1 unspecified atom stereocenters. The maximum atomic E-state index is 8.87. The monoisotopic (exact) mass is 266 g/mol. The molecule has 0 radical (unpaired) electrons. The maximum absolute atomic E-state index is 8.87. The van der Waals surface area contributed by atoms with E-state index in [1.165, 1.54) is 11.8 Å². The number of anilines is 1. The van der Waals surface area contributed by atoms with Crippen LogP contribution in [0.25, 0.3) is 5.95 Å². The molecule has 8 heteroatoms. The Morgan fingerprint density at radius 1 is 1.44 bits per heavy atom. The van der Waals surface area contributed by atoms with Crippen molar-refractivity contribution in [1.29, 1.82) is 0 Å². The summed E-state index contributed by atoms with van der Waals surface area (Å²) in [6, 6.07) is 0. The van der Waals surface area contributed by atoms with E-state index in [2.05, 4.69) is 19.9 Å². The number of hydrogen-bond donors (Lipinski definition) is 2. The Balaban J connectivity index is 2.22. The molecule has 18 heavy (non-hydrogen) atoms. The quantitative estimate of drug-likeness (QED) is 0.760. The fourth-order valence-corrected chi connectivity index (χ4v) is 2.19. The van der Waals surface area contributed by atoms with E-state index in [1.54, 1.807) is 23.3 Å². The van der Waals surface area contributed by atoms with Crippen LogP contribution in [0, 0.1) is 0 Å². The van der Waals surface area contributed by atoms with Gasteiger partial charge in [-0.3, -0.25) is 4.57 Å². The SMILES string of the molecule is CC(CCO)Sc1nc(N)nc(-n2ccnc2)n1. The van der Waals surface area contributed by atoms with Gasteiger partial charge in [-0.1, -0.05) is 18.7 Å². The Morgan fingerprint density at radius 3 is 2.94 bits per heavy atom. The zero-order chi connectivity index (χ0) is 13.0. The Hall–Kier alpha value is -1.67. The van der Waals surface area contributed by atoms with Gasteiger partial charge in [0.2, 0.25) is 11.9 Å². The number of aromatic nitrogens is 5. The molecule has 96 valence electrons. The number of nitrogens with zero attached hydrogens (tertiary/aromatic N) is 5. The molecular weight excluding hydrogens is 252 g/mol. The smallest absolute Gasteiger partial charge is 0.240 e. The first-order valence-corrected chi connectivity index (χ1v) is 6.34. The molecule has 0 aliphatic heterocycles. The molecule has 0 aliphatic rings. The number of imidazole rings is 1. The minimum Gasteiger partial charge on any atom is -0.396 e. The summed E-state index contributed by atoms with van der Waals surface area (Å²) in [5.41, 5.74) is 5.66. The summed E-state index contributed by atoms with van der Waals surface area (Å²) in [6.07, 6.45) is 5.65. The van der Waals surface area contributed by atoms with Gasteiger partial charge in [0.1, 0.15) is 6.33 Å². The second kappa shape index (κ2) is 5.78. The van der Waals surface area contributed by atoms with Gasteiger partial charge in [0.15, 0.2) is 5.16 Å². The first kappa shape index (κ1) is 12.8. The van der Waals surface area contributed by atoms with Gasteiger partial charge in [-0.25, -0.2) is 4.98 Å². The average Bonchev–Trinajstić information content (AvgIpc) is 2.81. The van der Waals surface area contributed by atoms with Gasteiger partial charge in [0, 0.05) is 24.3 Å². The van der Waals surface area contributed by atoms with Crippen molar-refractivity contribution in [2.45, 2.75) is 23.8 Å². The molecule has 2 aromatic heterocycles. The zero-order valence-corrected chi connectivity index (χ0v) is 10.7. The van der Waals surface area contributed by atoms with E-state index in [1.807, 2.05) is 6.92 Å². The molecule has 0 spiro atoms. The lowest BCUT2D eigenvalue weighted by molar-refractivity contribution is 0.289. The third kappa shape index (κ3) is 3.17. The van der Waals surface area contributed by atoms with E-state index in [4.69, 9.17) is 10.8 Å². The van der Waals surface area contributed by atoms with Gasteiger partial charge >= 0.3 is 0 Å². The molecule has 2 aromatic rings. The molecule has 0 aliphatic carbocycles. The number of aliphatic hydroxyl groups is 1. The Morgan fingerprint density at radius 2 is 2.28 bits per heavy atom. The second-order valence-corrected chi connectivity index (χ2v) is 5.09. The highest BCUT2D eigenvalue weighted by molar-refractivity contribution is 7.99. The molecule has 2 rings (SSSR count). The standard InChI is InChI=1S/C10H14N6OS/c1-7(2-5-17)18-10-14-8(11)13-9(15-10)16-4-3-12-6-16/h3-4,6-7,17H,2,5H2,1H3,(H2,11,13,14,15). The molecule has 0 fully saturated rings. The van der Waals surface area contributed by atoms with Crippen LogP contribution in [0.3, 0.4) is 0 Å². The summed E-state index contributed by atoms with van der Waals surface area (Å²) in [7, 11) is 0. The third-order valence-electron chi connectivity index (χ3n) is 2.20. The highest BCUT2D eigenvalue weighted by Crippen LogP contribution is 2.22. The Labute approximate surface area is 109 Å². The highest BCUT2D eigenvalue weighted by Gasteiger charge is 2.10. The number of nitrogens with two attached hydrogens (primary N) is 1. The fourth-order valence-electron chi connectivity index (χ4n) is 1.33. The van der Waals surface area contributed by atoms with Crippen molar-refractivity contribution in [2.24, 2.45) is 0 Å². The summed E-state index contributed by atoms with van der Waals surface area (Å²) < 4.78 is 1.67.